The number of amides is 1. The van der Waals surface area contributed by atoms with Crippen LogP contribution in [0.5, 0.6) is 0 Å². The maximum atomic E-state index is 13.1. The molecule has 1 aliphatic heterocycles. The molecule has 0 fully saturated rings. The molecule has 2 aromatic rings. The molecule has 168 valence electrons. The molecule has 8 heteroatoms. The first-order valence-electron chi connectivity index (χ1n) is 10.0. The summed E-state index contributed by atoms with van der Waals surface area (Å²) in [5.74, 6) is -1.07. The second kappa shape index (κ2) is 10.8. The van der Waals surface area contributed by atoms with E-state index in [9.17, 15) is 14.4 Å². The van der Waals surface area contributed by atoms with Crippen LogP contribution in [0.4, 0.5) is 4.79 Å². The van der Waals surface area contributed by atoms with Gasteiger partial charge in [-0.2, -0.15) is 0 Å². The molecular weight excluding hydrogens is 434 g/mol. The van der Waals surface area contributed by atoms with E-state index in [1.165, 1.54) is 19.1 Å². The van der Waals surface area contributed by atoms with E-state index >= 15 is 0 Å². The van der Waals surface area contributed by atoms with E-state index in [1.54, 1.807) is 12.1 Å². The first-order valence-corrected chi connectivity index (χ1v) is 10.6. The predicted molar refractivity (Wildman–Crippen MR) is 118 cm³/mol. The van der Waals surface area contributed by atoms with Crippen molar-refractivity contribution in [2.24, 2.45) is 0 Å². The van der Waals surface area contributed by atoms with E-state index in [2.05, 4.69) is 0 Å². The standard InChI is InChI=1S/C24H24ClNO6/c1-30-22(27)19-14-26(24(29)32-15-16-8-4-3-5-9-16)21(20(19)23(28)31-2)18-11-7-6-10-17(18)12-13-25/h3-11,21H,12-15H2,1-2H3. The molecule has 0 bridgehead atoms. The number of methoxy groups -OCH3 is 2. The van der Waals surface area contributed by atoms with Crippen molar-refractivity contribution in [3.63, 3.8) is 0 Å². The van der Waals surface area contributed by atoms with Crippen molar-refractivity contribution < 1.29 is 28.6 Å². The summed E-state index contributed by atoms with van der Waals surface area (Å²) in [4.78, 5) is 39.7. The Kier molecular flexibility index (Phi) is 7.89. The van der Waals surface area contributed by atoms with Gasteiger partial charge in [0.25, 0.3) is 0 Å². The second-order valence-electron chi connectivity index (χ2n) is 7.08. The van der Waals surface area contributed by atoms with E-state index in [-0.39, 0.29) is 24.3 Å². The van der Waals surface area contributed by atoms with Crippen LogP contribution in [0.25, 0.3) is 0 Å². The van der Waals surface area contributed by atoms with Gasteiger partial charge in [0.05, 0.1) is 38.0 Å². The van der Waals surface area contributed by atoms with E-state index < -0.39 is 24.1 Å². The van der Waals surface area contributed by atoms with Gasteiger partial charge in [0.15, 0.2) is 0 Å². The number of hydrogen-bond donors (Lipinski definition) is 0. The first kappa shape index (κ1) is 23.3. The van der Waals surface area contributed by atoms with Gasteiger partial charge in [-0.25, -0.2) is 14.4 Å². The minimum atomic E-state index is -0.876. The third-order valence-corrected chi connectivity index (χ3v) is 5.42. The zero-order chi connectivity index (χ0) is 23.1. The molecule has 0 saturated heterocycles. The lowest BCUT2D eigenvalue weighted by atomic mass is 9.92. The van der Waals surface area contributed by atoms with Crippen molar-refractivity contribution in [1.82, 2.24) is 4.90 Å². The summed E-state index contributed by atoms with van der Waals surface area (Å²) in [6, 6.07) is 15.7. The minimum Gasteiger partial charge on any atom is -0.466 e. The molecule has 3 rings (SSSR count). The SMILES string of the molecule is COC(=O)C1=C(C(=O)OC)C(c2ccccc2CCCl)N(C(=O)OCc2ccccc2)C1. The molecule has 0 aromatic heterocycles. The number of alkyl halides is 1. The molecule has 1 unspecified atom stereocenters. The van der Waals surface area contributed by atoms with Gasteiger partial charge in [-0.05, 0) is 23.1 Å². The number of ether oxygens (including phenoxy) is 3. The van der Waals surface area contributed by atoms with E-state index in [1.807, 2.05) is 42.5 Å². The van der Waals surface area contributed by atoms with Crippen LogP contribution in [0.3, 0.4) is 0 Å². The highest BCUT2D eigenvalue weighted by molar-refractivity contribution is 6.18. The number of benzene rings is 2. The fourth-order valence-electron chi connectivity index (χ4n) is 3.74. The Balaban J connectivity index is 2.03. The number of aryl methyl sites for hydroxylation is 1. The second-order valence-corrected chi connectivity index (χ2v) is 7.46. The van der Waals surface area contributed by atoms with Crippen molar-refractivity contribution >= 4 is 29.6 Å². The van der Waals surface area contributed by atoms with Crippen molar-refractivity contribution in [1.29, 1.82) is 0 Å². The van der Waals surface area contributed by atoms with E-state index in [4.69, 9.17) is 25.8 Å². The third kappa shape index (κ3) is 4.94. The van der Waals surface area contributed by atoms with Gasteiger partial charge in [-0.15, -0.1) is 11.6 Å². The van der Waals surface area contributed by atoms with Gasteiger partial charge in [-0.1, -0.05) is 54.6 Å². The lowest BCUT2D eigenvalue weighted by Crippen LogP contribution is -2.34. The Morgan fingerprint density at radius 3 is 2.28 bits per heavy atom. The molecule has 0 N–H and O–H groups in total. The molecule has 0 aliphatic carbocycles. The number of rotatable bonds is 7. The molecule has 0 radical (unpaired) electrons. The predicted octanol–water partition coefficient (Wildman–Crippen LogP) is 3.80. The highest BCUT2D eigenvalue weighted by atomic mass is 35.5. The summed E-state index contributed by atoms with van der Waals surface area (Å²) in [7, 11) is 2.44. The largest absolute Gasteiger partial charge is 0.466 e. The topological polar surface area (TPSA) is 82.1 Å². The fourth-order valence-corrected chi connectivity index (χ4v) is 3.94. The molecule has 1 amide bonds. The van der Waals surface area contributed by atoms with Gasteiger partial charge in [0, 0.05) is 5.88 Å². The highest BCUT2D eigenvalue weighted by Crippen LogP contribution is 2.40. The van der Waals surface area contributed by atoms with Gasteiger partial charge in [0.1, 0.15) is 6.61 Å². The van der Waals surface area contributed by atoms with Crippen molar-refractivity contribution in [2.45, 2.75) is 19.1 Å². The summed E-state index contributed by atoms with van der Waals surface area (Å²) in [5, 5.41) is 0. The maximum absolute atomic E-state index is 13.1. The molecule has 1 aliphatic rings. The van der Waals surface area contributed by atoms with Crippen molar-refractivity contribution in [3.8, 4) is 0 Å². The lowest BCUT2D eigenvalue weighted by Gasteiger charge is -2.27. The monoisotopic (exact) mass is 457 g/mol. The van der Waals surface area contributed by atoms with Crippen LogP contribution in [-0.2, 0) is 36.8 Å². The van der Waals surface area contributed by atoms with Crippen molar-refractivity contribution in [2.75, 3.05) is 26.6 Å². The van der Waals surface area contributed by atoms with E-state index in [0.717, 1.165) is 11.1 Å². The maximum Gasteiger partial charge on any atom is 0.411 e. The van der Waals surface area contributed by atoms with Crippen LogP contribution in [0.15, 0.2) is 65.7 Å². The minimum absolute atomic E-state index is 0.0489. The van der Waals surface area contributed by atoms with Crippen molar-refractivity contribution in [3.05, 3.63) is 82.4 Å². The molecule has 2 aromatic carbocycles. The van der Waals surface area contributed by atoms with Crippen LogP contribution < -0.4 is 0 Å². The highest BCUT2D eigenvalue weighted by Gasteiger charge is 2.44. The zero-order valence-corrected chi connectivity index (χ0v) is 18.6. The third-order valence-electron chi connectivity index (χ3n) is 5.23. The lowest BCUT2D eigenvalue weighted by molar-refractivity contribution is -0.139. The Labute approximate surface area is 191 Å². The Bertz CT molecular complexity index is 1020. The van der Waals surface area contributed by atoms with E-state index in [0.29, 0.717) is 17.9 Å². The number of esters is 2. The van der Waals surface area contributed by atoms with Crippen LogP contribution >= 0.6 is 11.6 Å². The molecule has 32 heavy (non-hydrogen) atoms. The molecule has 7 nitrogen and oxygen atoms in total. The molecule has 1 atom stereocenters. The Hall–Kier alpha value is -3.32. The summed E-state index contributed by atoms with van der Waals surface area (Å²) in [6.45, 7) is -0.0993. The van der Waals surface area contributed by atoms with Gasteiger partial charge < -0.3 is 14.2 Å². The van der Waals surface area contributed by atoms with Crippen LogP contribution in [0.2, 0.25) is 0 Å². The van der Waals surface area contributed by atoms with Crippen LogP contribution in [0, 0.1) is 0 Å². The molecule has 0 spiro atoms. The number of carbonyl (C=O) groups is 3. The Morgan fingerprint density at radius 2 is 1.62 bits per heavy atom. The smallest absolute Gasteiger partial charge is 0.411 e. The summed E-state index contributed by atoms with van der Waals surface area (Å²) < 4.78 is 15.3. The summed E-state index contributed by atoms with van der Waals surface area (Å²) in [5.41, 5.74) is 2.44. The fraction of sp³-hybridized carbons (Fsp3) is 0.292. The quantitative estimate of drug-likeness (QED) is 0.357. The number of halogens is 1. The van der Waals surface area contributed by atoms with Crippen LogP contribution in [-0.4, -0.2) is 49.6 Å². The van der Waals surface area contributed by atoms with Gasteiger partial charge in [-0.3, -0.25) is 4.90 Å². The average molecular weight is 458 g/mol. The number of hydrogen-bond acceptors (Lipinski definition) is 6. The number of nitrogens with zero attached hydrogens (tertiary/aromatic N) is 1. The average Bonchev–Trinajstić information content (AvgIpc) is 3.23. The zero-order valence-electron chi connectivity index (χ0n) is 17.9. The molecular formula is C24H24ClNO6. The summed E-state index contributed by atoms with van der Waals surface area (Å²) in [6.07, 6.45) is -0.150. The van der Waals surface area contributed by atoms with Gasteiger partial charge >= 0.3 is 18.0 Å². The molecule has 0 saturated carbocycles. The summed E-state index contributed by atoms with van der Waals surface area (Å²) >= 11 is 5.98. The normalized spacial score (nSPS) is 15.5. The molecule has 1 heterocycles. The van der Waals surface area contributed by atoms with Gasteiger partial charge in [0.2, 0.25) is 0 Å². The Morgan fingerprint density at radius 1 is 0.969 bits per heavy atom. The first-order chi connectivity index (χ1) is 15.5. The van der Waals surface area contributed by atoms with Crippen LogP contribution in [0.1, 0.15) is 22.7 Å². The number of carbonyl (C=O) groups excluding carboxylic acids is 3.